The van der Waals surface area contributed by atoms with E-state index in [4.69, 9.17) is 25.8 Å². The quantitative estimate of drug-likeness (QED) is 0.138. The molecule has 1 aromatic carbocycles. The van der Waals surface area contributed by atoms with Crippen LogP contribution in [0.1, 0.15) is 174 Å². The zero-order chi connectivity index (χ0) is 46.2. The van der Waals surface area contributed by atoms with E-state index in [-0.39, 0.29) is 59.6 Å². The number of ether oxygens (including phenoxy) is 3. The lowest BCUT2D eigenvalue weighted by atomic mass is 9.39. The highest BCUT2D eigenvalue weighted by atomic mass is 35.5. The van der Waals surface area contributed by atoms with Gasteiger partial charge in [0, 0.05) is 17.0 Å². The molecule has 1 unspecified atom stereocenters. The lowest BCUT2D eigenvalue weighted by molar-refractivity contribution is -0.197. The van der Waals surface area contributed by atoms with E-state index in [1.165, 1.54) is 11.1 Å². The topological polar surface area (TPSA) is 99.2 Å². The van der Waals surface area contributed by atoms with Gasteiger partial charge in [0.1, 0.15) is 17.3 Å². The molecule has 5 aliphatic rings. The number of benzene rings is 1. The van der Waals surface area contributed by atoms with Gasteiger partial charge in [-0.1, -0.05) is 83.3 Å². The third-order valence-electron chi connectivity index (χ3n) is 16.3. The number of Topliss-reactive ketones (excluding diaryl/α,β-unsaturated/α-hetero) is 1. The van der Waals surface area contributed by atoms with Gasteiger partial charge >= 0.3 is 18.0 Å². The Morgan fingerprint density at radius 1 is 0.774 bits per heavy atom. The van der Waals surface area contributed by atoms with Crippen LogP contribution in [-0.4, -0.2) is 52.6 Å². The van der Waals surface area contributed by atoms with Crippen LogP contribution in [0.4, 0.5) is 4.79 Å². The van der Waals surface area contributed by atoms with Crippen molar-refractivity contribution in [3.8, 4) is 0 Å². The minimum absolute atomic E-state index is 0.0103. The molecule has 5 aliphatic carbocycles. The number of nitrogens with zero attached hydrogens (tertiary/aromatic N) is 1. The molecule has 0 aliphatic heterocycles. The van der Waals surface area contributed by atoms with Crippen molar-refractivity contribution in [2.45, 2.75) is 192 Å². The van der Waals surface area contributed by atoms with Gasteiger partial charge in [0.2, 0.25) is 0 Å². The molecule has 0 aromatic heterocycles. The summed E-state index contributed by atoms with van der Waals surface area (Å²) in [5, 5.41) is 0.626. The number of allylic oxidation sites excluding steroid dienone is 2. The molecule has 62 heavy (non-hydrogen) atoms. The maximum absolute atomic E-state index is 15.2. The number of ketones is 1. The molecular weight excluding hydrogens is 798 g/mol. The zero-order valence-electron chi connectivity index (χ0n) is 41.0. The smallest absolute Gasteiger partial charge is 0.410 e. The molecule has 1 aromatic rings. The molecule has 9 heteroatoms. The van der Waals surface area contributed by atoms with E-state index >= 15 is 4.79 Å². The molecule has 0 heterocycles. The summed E-state index contributed by atoms with van der Waals surface area (Å²) in [6, 6.07) is 7.47. The maximum atomic E-state index is 15.2. The molecule has 0 bridgehead atoms. The summed E-state index contributed by atoms with van der Waals surface area (Å²) < 4.78 is 18.0. The van der Waals surface area contributed by atoms with E-state index in [0.29, 0.717) is 40.5 Å². The molecule has 0 saturated heterocycles. The molecule has 9 atom stereocenters. The second-order valence-electron chi connectivity index (χ2n) is 24.8. The van der Waals surface area contributed by atoms with Crippen LogP contribution in [0.3, 0.4) is 0 Å². The average molecular weight is 879 g/mol. The minimum Gasteiger partial charge on any atom is -0.462 e. The Hall–Kier alpha value is -2.87. The summed E-state index contributed by atoms with van der Waals surface area (Å²) in [5.74, 6) is 2.11. The fourth-order valence-corrected chi connectivity index (χ4v) is 13.5. The second-order valence-corrected chi connectivity index (χ2v) is 25.3. The molecule has 346 valence electrons. The van der Waals surface area contributed by atoms with E-state index in [9.17, 15) is 14.4 Å². The van der Waals surface area contributed by atoms with Gasteiger partial charge in [-0.25, -0.2) is 4.79 Å². The van der Waals surface area contributed by atoms with E-state index in [2.05, 4.69) is 48.5 Å². The Morgan fingerprint density at radius 3 is 1.98 bits per heavy atom. The van der Waals surface area contributed by atoms with E-state index in [1.54, 1.807) is 18.7 Å². The number of hydrogen-bond acceptors (Lipinski definition) is 7. The molecule has 0 spiro atoms. The number of carbonyl (C=O) groups excluding carboxylic acids is 4. The molecule has 8 nitrogen and oxygen atoms in total. The normalized spacial score (nSPS) is 32.1. The van der Waals surface area contributed by atoms with Crippen molar-refractivity contribution < 1.29 is 33.4 Å². The third-order valence-corrected chi connectivity index (χ3v) is 16.6. The monoisotopic (exact) mass is 878 g/mol. The number of hydrogen-bond donors (Lipinski definition) is 0. The molecule has 4 saturated carbocycles. The Labute approximate surface area is 379 Å². The first-order chi connectivity index (χ1) is 28.4. The van der Waals surface area contributed by atoms with Crippen molar-refractivity contribution in [3.63, 3.8) is 0 Å². The number of amides is 1. The van der Waals surface area contributed by atoms with Crippen molar-refractivity contribution in [3.05, 3.63) is 46.0 Å². The van der Waals surface area contributed by atoms with Crippen molar-refractivity contribution in [2.75, 3.05) is 6.54 Å². The fourth-order valence-electron chi connectivity index (χ4n) is 13.4. The Bertz CT molecular complexity index is 1910. The first-order valence-electron chi connectivity index (χ1n) is 23.8. The van der Waals surface area contributed by atoms with Crippen LogP contribution in [0, 0.1) is 62.6 Å². The van der Waals surface area contributed by atoms with Crippen LogP contribution in [0.25, 0.3) is 0 Å². The second kappa shape index (κ2) is 16.8. The molecule has 0 radical (unpaired) electrons. The van der Waals surface area contributed by atoms with Crippen LogP contribution in [0.15, 0.2) is 35.4 Å². The van der Waals surface area contributed by atoms with Gasteiger partial charge in [-0.2, -0.15) is 0 Å². The van der Waals surface area contributed by atoms with E-state index in [0.717, 1.165) is 63.4 Å². The van der Waals surface area contributed by atoms with Gasteiger partial charge in [0.05, 0.1) is 23.8 Å². The Morgan fingerprint density at radius 2 is 1.39 bits per heavy atom. The Balaban J connectivity index is 1.24. The standard InChI is InChI=1S/C53H80ClNO7/c1-32-28-41(60-42(57)29-50(11,12)45(58)61-48(5,6)7)51(13,14)37-22-25-52(15)36-23-26-53(27-24-39(47(2,3)4)44(53)35(36)20-21-38(52)43(32)37)40(56)31-55(46(59)62-49(8,9)10)30-33-16-18-34(54)19-17-33/h16-19,32,35-38,41,43H,20-31H2,1-15H3/t32?,35-,36+,37+,38+,41-,43-,52-,53+/m0/s1. The largest absolute Gasteiger partial charge is 0.462 e. The van der Waals surface area contributed by atoms with Crippen molar-refractivity contribution in [1.29, 1.82) is 0 Å². The molecule has 6 rings (SSSR count). The molecule has 1 amide bonds. The first kappa shape index (κ1) is 48.6. The van der Waals surface area contributed by atoms with Gasteiger partial charge in [-0.15, -0.1) is 0 Å². The summed E-state index contributed by atoms with van der Waals surface area (Å²) >= 11 is 6.22. The summed E-state index contributed by atoms with van der Waals surface area (Å²) in [4.78, 5) is 57.3. The number of halogens is 1. The van der Waals surface area contributed by atoms with E-state index < -0.39 is 28.1 Å². The van der Waals surface area contributed by atoms with Crippen LogP contribution < -0.4 is 0 Å². The van der Waals surface area contributed by atoms with Gasteiger partial charge in [-0.3, -0.25) is 19.3 Å². The Kier molecular flexibility index (Phi) is 13.2. The van der Waals surface area contributed by atoms with Crippen LogP contribution in [-0.2, 0) is 35.1 Å². The molecular formula is C53H80ClNO7. The maximum Gasteiger partial charge on any atom is 0.410 e. The van der Waals surface area contributed by atoms with Gasteiger partial charge in [0.15, 0.2) is 5.78 Å². The highest BCUT2D eigenvalue weighted by molar-refractivity contribution is 6.30. The lowest BCUT2D eigenvalue weighted by Crippen LogP contribution is -2.61. The zero-order valence-corrected chi connectivity index (χ0v) is 41.8. The van der Waals surface area contributed by atoms with Crippen LogP contribution in [0.2, 0.25) is 5.02 Å². The van der Waals surface area contributed by atoms with Crippen molar-refractivity contribution >= 4 is 35.4 Å². The number of carbonyl (C=O) groups is 4. The molecule has 0 N–H and O–H groups in total. The summed E-state index contributed by atoms with van der Waals surface area (Å²) in [7, 11) is 0. The number of rotatable bonds is 9. The van der Waals surface area contributed by atoms with Gasteiger partial charge in [0.25, 0.3) is 0 Å². The lowest BCUT2D eigenvalue weighted by Gasteiger charge is -2.66. The summed E-state index contributed by atoms with van der Waals surface area (Å²) in [6.45, 7) is 31.5. The van der Waals surface area contributed by atoms with Crippen molar-refractivity contribution in [1.82, 2.24) is 4.90 Å². The first-order valence-corrected chi connectivity index (χ1v) is 24.2. The third kappa shape index (κ3) is 9.57. The predicted molar refractivity (Wildman–Crippen MR) is 246 cm³/mol. The van der Waals surface area contributed by atoms with Crippen LogP contribution in [0.5, 0.6) is 0 Å². The average Bonchev–Trinajstić information content (AvgIpc) is 3.55. The number of esters is 2. The summed E-state index contributed by atoms with van der Waals surface area (Å²) in [6.07, 6.45) is 8.07. The SMILES string of the molecule is CC1C[C@H](OC(=O)CC(C)(C)C(=O)OC(C)(C)C)C(C)(C)[C@@H]2CC[C@]3(C)[C@H](CC[C@@H]4C5=C(C(C)(C)C)CC[C@@]5(C(=O)CN(Cc5ccc(Cl)cc5)C(=O)OC(C)(C)C)CC[C@H]43)[C@@H]12. The highest BCUT2D eigenvalue weighted by Crippen LogP contribution is 2.71. The highest BCUT2D eigenvalue weighted by Gasteiger charge is 2.65. The van der Waals surface area contributed by atoms with Gasteiger partial charge < -0.3 is 14.2 Å². The molecule has 4 fully saturated rings. The van der Waals surface area contributed by atoms with E-state index in [1.807, 2.05) is 65.8 Å². The predicted octanol–water partition coefficient (Wildman–Crippen LogP) is 13.0. The summed E-state index contributed by atoms with van der Waals surface area (Å²) in [5.41, 5.74) is 0.728. The van der Waals surface area contributed by atoms with Gasteiger partial charge in [-0.05, 0) is 177 Å². The van der Waals surface area contributed by atoms with Crippen molar-refractivity contribution in [2.24, 2.45) is 62.6 Å². The number of fused-ring (bicyclic) bond motifs is 7. The fraction of sp³-hybridized carbons (Fsp3) is 0.774. The van der Waals surface area contributed by atoms with Crippen LogP contribution >= 0.6 is 11.6 Å². The minimum atomic E-state index is -0.985.